The number of hydrogen-bond acceptors (Lipinski definition) is 2. The van der Waals surface area contributed by atoms with E-state index < -0.39 is 0 Å². The molecule has 0 bridgehead atoms. The fraction of sp³-hybridized carbons (Fsp3) is 0.0667. The summed E-state index contributed by atoms with van der Waals surface area (Å²) in [5, 5.41) is 9.17. The van der Waals surface area contributed by atoms with Gasteiger partial charge in [0.2, 0.25) is 0 Å². The molecule has 1 aromatic heterocycles. The summed E-state index contributed by atoms with van der Waals surface area (Å²) >= 11 is 6.21. The van der Waals surface area contributed by atoms with Crippen LogP contribution in [0.25, 0.3) is 11.3 Å². The van der Waals surface area contributed by atoms with Crippen LogP contribution in [0.2, 0.25) is 5.02 Å². The number of nitrogens with zero attached hydrogens (tertiary/aromatic N) is 3. The van der Waals surface area contributed by atoms with Gasteiger partial charge in [-0.05, 0) is 0 Å². The normalized spacial score (nSPS) is 10.7. The minimum atomic E-state index is 0.326. The van der Waals surface area contributed by atoms with Crippen LogP contribution in [0, 0.1) is 0 Å². The number of benzene rings is 2. The van der Waals surface area contributed by atoms with Gasteiger partial charge in [0, 0.05) is 0 Å². The third kappa shape index (κ3) is 3.28. The summed E-state index contributed by atoms with van der Waals surface area (Å²) in [4.78, 5) is 0. The molecule has 3 rings (SSSR count). The molecule has 3 nitrogen and oxygen atoms in total. The zero-order valence-corrected chi connectivity index (χ0v) is 13.1. The molecule has 0 aliphatic rings. The van der Waals surface area contributed by atoms with Crippen molar-refractivity contribution in [2.75, 3.05) is 0 Å². The van der Waals surface area contributed by atoms with Crippen LogP contribution in [0.4, 0.5) is 0 Å². The molecule has 0 aliphatic heterocycles. The van der Waals surface area contributed by atoms with Crippen molar-refractivity contribution in [2.24, 2.45) is 0 Å². The van der Waals surface area contributed by atoms with Crippen LogP contribution in [0.5, 0.6) is 0 Å². The summed E-state index contributed by atoms with van der Waals surface area (Å²) in [6.45, 7) is 0. The fourth-order valence-electron chi connectivity index (χ4n) is 1.77. The van der Waals surface area contributed by atoms with E-state index in [1.165, 1.54) is 4.46 Å². The summed E-state index contributed by atoms with van der Waals surface area (Å²) in [6.07, 6.45) is 1.99. The van der Waals surface area contributed by atoms with Gasteiger partial charge in [0.15, 0.2) is 0 Å². The fourth-order valence-corrected chi connectivity index (χ4v) is 3.44. The number of aromatic nitrogens is 3. The zero-order valence-electron chi connectivity index (χ0n) is 10.6. The summed E-state index contributed by atoms with van der Waals surface area (Å²) in [6, 6.07) is 18.1. The van der Waals surface area contributed by atoms with E-state index in [0.29, 0.717) is 15.0 Å². The van der Waals surface area contributed by atoms with E-state index in [-0.39, 0.29) is 0 Å². The average Bonchev–Trinajstić information content (AvgIpc) is 2.97. The predicted octanol–water partition coefficient (Wildman–Crippen LogP) is 2.59. The first-order chi connectivity index (χ1) is 9.81. The number of rotatable bonds is 4. The molecule has 0 saturated carbocycles. The van der Waals surface area contributed by atoms with Crippen LogP contribution in [0.3, 0.4) is 0 Å². The van der Waals surface area contributed by atoms with Gasteiger partial charge in [-0.1, -0.05) is 0 Å². The van der Waals surface area contributed by atoms with E-state index in [9.17, 15) is 0 Å². The van der Waals surface area contributed by atoms with Crippen LogP contribution >= 0.6 is 11.6 Å². The van der Waals surface area contributed by atoms with Gasteiger partial charge in [-0.2, -0.15) is 0 Å². The Balaban J connectivity index is 1.67. The standard InChI is InChI=1S/C15H12ClN3Se/c16-13-6-8-14(9-7-13)20-11-19-10-15(17-18-19)12-4-2-1-3-5-12/h1-10H,11H2. The van der Waals surface area contributed by atoms with Crippen LogP contribution in [-0.2, 0) is 5.44 Å². The molecule has 0 amide bonds. The Labute approximate surface area is 128 Å². The monoisotopic (exact) mass is 349 g/mol. The molecule has 0 saturated heterocycles. The van der Waals surface area contributed by atoms with Crippen molar-refractivity contribution in [3.05, 3.63) is 65.8 Å². The molecule has 0 radical (unpaired) electrons. The van der Waals surface area contributed by atoms with Crippen LogP contribution in [0.15, 0.2) is 60.8 Å². The van der Waals surface area contributed by atoms with Crippen molar-refractivity contribution in [1.82, 2.24) is 15.0 Å². The predicted molar refractivity (Wildman–Crippen MR) is 82.3 cm³/mol. The van der Waals surface area contributed by atoms with Gasteiger partial charge in [-0.3, -0.25) is 0 Å². The van der Waals surface area contributed by atoms with E-state index in [1.54, 1.807) is 0 Å². The van der Waals surface area contributed by atoms with Crippen molar-refractivity contribution in [3.63, 3.8) is 0 Å². The third-order valence-electron chi connectivity index (χ3n) is 2.79. The van der Waals surface area contributed by atoms with Crippen LogP contribution in [0.1, 0.15) is 0 Å². The first-order valence-electron chi connectivity index (χ1n) is 6.15. The first-order valence-corrected chi connectivity index (χ1v) is 8.60. The Bertz CT molecular complexity index is 680. The Morgan fingerprint density at radius 2 is 1.75 bits per heavy atom. The molecule has 2 aromatic carbocycles. The molecule has 0 spiro atoms. The zero-order chi connectivity index (χ0) is 13.8. The number of halogens is 1. The molecule has 0 N–H and O–H groups in total. The van der Waals surface area contributed by atoms with Crippen molar-refractivity contribution >= 4 is 31.0 Å². The Morgan fingerprint density at radius 1 is 1.00 bits per heavy atom. The number of hydrogen-bond donors (Lipinski definition) is 0. The molecule has 20 heavy (non-hydrogen) atoms. The third-order valence-corrected chi connectivity index (χ3v) is 5.13. The molecule has 1 heterocycles. The molecule has 0 unspecified atom stereocenters. The molecule has 5 heteroatoms. The van der Waals surface area contributed by atoms with Gasteiger partial charge in [-0.15, -0.1) is 0 Å². The van der Waals surface area contributed by atoms with E-state index in [1.807, 2.05) is 53.3 Å². The first kappa shape index (κ1) is 13.4. The Kier molecular flexibility index (Phi) is 4.16. The van der Waals surface area contributed by atoms with Crippen LogP contribution < -0.4 is 4.46 Å². The van der Waals surface area contributed by atoms with E-state index in [0.717, 1.165) is 21.7 Å². The second-order valence-electron chi connectivity index (χ2n) is 4.24. The second kappa shape index (κ2) is 6.23. The molecule has 100 valence electrons. The second-order valence-corrected chi connectivity index (χ2v) is 6.81. The van der Waals surface area contributed by atoms with Gasteiger partial charge in [0.05, 0.1) is 0 Å². The maximum atomic E-state index is 5.88. The molecule has 0 aliphatic carbocycles. The van der Waals surface area contributed by atoms with Crippen LogP contribution in [-0.4, -0.2) is 30.0 Å². The Hall–Kier alpha value is -1.61. The minimum absolute atomic E-state index is 0.326. The summed E-state index contributed by atoms with van der Waals surface area (Å²) in [5.41, 5.74) is 2.88. The van der Waals surface area contributed by atoms with Gasteiger partial charge in [0.1, 0.15) is 0 Å². The summed E-state index contributed by atoms with van der Waals surface area (Å²) < 4.78 is 3.20. The van der Waals surface area contributed by atoms with E-state index in [4.69, 9.17) is 11.6 Å². The van der Waals surface area contributed by atoms with Crippen molar-refractivity contribution in [2.45, 2.75) is 5.44 Å². The van der Waals surface area contributed by atoms with Crippen molar-refractivity contribution < 1.29 is 0 Å². The molecular formula is C15H12ClN3Se. The molecule has 0 fully saturated rings. The van der Waals surface area contributed by atoms with Crippen molar-refractivity contribution in [1.29, 1.82) is 0 Å². The maximum absolute atomic E-state index is 5.88. The summed E-state index contributed by atoms with van der Waals surface area (Å²) in [7, 11) is 0. The summed E-state index contributed by atoms with van der Waals surface area (Å²) in [5.74, 6) is 0. The topological polar surface area (TPSA) is 30.7 Å². The Morgan fingerprint density at radius 3 is 2.50 bits per heavy atom. The van der Waals surface area contributed by atoms with Gasteiger partial charge in [0.25, 0.3) is 0 Å². The molecule has 0 atom stereocenters. The SMILES string of the molecule is Clc1ccc([Se]Cn2cc(-c3ccccc3)nn2)cc1. The van der Waals surface area contributed by atoms with Gasteiger partial charge in [-0.25, -0.2) is 0 Å². The molecule has 3 aromatic rings. The van der Waals surface area contributed by atoms with Gasteiger partial charge >= 0.3 is 129 Å². The quantitative estimate of drug-likeness (QED) is 0.679. The van der Waals surface area contributed by atoms with Crippen molar-refractivity contribution in [3.8, 4) is 11.3 Å². The van der Waals surface area contributed by atoms with Gasteiger partial charge < -0.3 is 0 Å². The molecular weight excluding hydrogens is 337 g/mol. The van der Waals surface area contributed by atoms with E-state index >= 15 is 0 Å². The average molecular weight is 349 g/mol. The van der Waals surface area contributed by atoms with E-state index in [2.05, 4.69) is 22.4 Å².